The summed E-state index contributed by atoms with van der Waals surface area (Å²) in [6.07, 6.45) is 0.898. The highest BCUT2D eigenvalue weighted by atomic mass is 32.1. The van der Waals surface area contributed by atoms with E-state index in [2.05, 4.69) is 4.98 Å². The Bertz CT molecular complexity index is 222. The Labute approximate surface area is 70.9 Å². The molecule has 0 spiro atoms. The van der Waals surface area contributed by atoms with Gasteiger partial charge in [-0.15, -0.1) is 11.3 Å². The van der Waals surface area contributed by atoms with Crippen molar-refractivity contribution in [3.63, 3.8) is 0 Å². The van der Waals surface area contributed by atoms with Gasteiger partial charge >= 0.3 is 0 Å². The minimum absolute atomic E-state index is 0.249. The third-order valence-corrected chi connectivity index (χ3v) is 2.49. The standard InChI is InChI=1S/C8H13NOS/c1-6(4-10)3-8-9-7(2)5-11-8/h5-6,10H,3-4H2,1-2H3. The molecule has 1 atom stereocenters. The first-order valence-corrected chi connectivity index (χ1v) is 4.62. The topological polar surface area (TPSA) is 33.1 Å². The Balaban J connectivity index is 2.50. The molecule has 62 valence electrons. The number of thiazole rings is 1. The third kappa shape index (κ3) is 2.60. The Morgan fingerprint density at radius 2 is 2.45 bits per heavy atom. The summed E-state index contributed by atoms with van der Waals surface area (Å²) >= 11 is 1.67. The van der Waals surface area contributed by atoms with E-state index in [1.165, 1.54) is 0 Å². The molecule has 0 saturated heterocycles. The fraction of sp³-hybridized carbons (Fsp3) is 0.625. The van der Waals surface area contributed by atoms with Gasteiger partial charge in [0.1, 0.15) is 0 Å². The molecule has 1 unspecified atom stereocenters. The highest BCUT2D eigenvalue weighted by Crippen LogP contribution is 2.13. The molecular weight excluding hydrogens is 158 g/mol. The molecule has 0 amide bonds. The number of aromatic nitrogens is 1. The van der Waals surface area contributed by atoms with Gasteiger partial charge in [-0.3, -0.25) is 0 Å². The number of hydrogen-bond acceptors (Lipinski definition) is 3. The van der Waals surface area contributed by atoms with Crippen LogP contribution >= 0.6 is 11.3 Å². The van der Waals surface area contributed by atoms with Gasteiger partial charge < -0.3 is 5.11 Å². The van der Waals surface area contributed by atoms with Crippen LogP contribution in [-0.2, 0) is 6.42 Å². The van der Waals surface area contributed by atoms with E-state index >= 15 is 0 Å². The van der Waals surface area contributed by atoms with Crippen LogP contribution in [0.25, 0.3) is 0 Å². The quantitative estimate of drug-likeness (QED) is 0.749. The summed E-state index contributed by atoms with van der Waals surface area (Å²) in [4.78, 5) is 4.31. The van der Waals surface area contributed by atoms with Gasteiger partial charge in [0.2, 0.25) is 0 Å². The van der Waals surface area contributed by atoms with Crippen molar-refractivity contribution in [2.45, 2.75) is 20.3 Å². The number of hydrogen-bond donors (Lipinski definition) is 1. The molecule has 0 aliphatic heterocycles. The van der Waals surface area contributed by atoms with Crippen molar-refractivity contribution in [2.24, 2.45) is 5.92 Å². The SMILES string of the molecule is Cc1csc(CC(C)CO)n1. The van der Waals surface area contributed by atoms with E-state index in [9.17, 15) is 0 Å². The van der Waals surface area contributed by atoms with E-state index in [4.69, 9.17) is 5.11 Å². The van der Waals surface area contributed by atoms with Gasteiger partial charge in [-0.25, -0.2) is 4.98 Å². The number of aliphatic hydroxyl groups is 1. The number of rotatable bonds is 3. The molecule has 1 heterocycles. The Kier molecular flexibility index (Phi) is 3.02. The van der Waals surface area contributed by atoms with Gasteiger partial charge in [0.15, 0.2) is 0 Å². The zero-order valence-corrected chi connectivity index (χ0v) is 7.69. The van der Waals surface area contributed by atoms with Crippen LogP contribution < -0.4 is 0 Å². The van der Waals surface area contributed by atoms with Gasteiger partial charge in [-0.2, -0.15) is 0 Å². The molecule has 0 aliphatic rings. The number of nitrogens with zero attached hydrogens (tertiary/aromatic N) is 1. The first-order chi connectivity index (χ1) is 5.22. The van der Waals surface area contributed by atoms with Gasteiger partial charge in [0, 0.05) is 24.1 Å². The average molecular weight is 171 g/mol. The highest BCUT2D eigenvalue weighted by Gasteiger charge is 2.04. The van der Waals surface area contributed by atoms with Crippen LogP contribution in [0.3, 0.4) is 0 Å². The molecule has 3 heteroatoms. The van der Waals surface area contributed by atoms with Gasteiger partial charge in [0.25, 0.3) is 0 Å². The molecule has 0 aromatic carbocycles. The first-order valence-electron chi connectivity index (χ1n) is 3.74. The molecule has 0 radical (unpaired) electrons. The maximum absolute atomic E-state index is 8.78. The summed E-state index contributed by atoms with van der Waals surface area (Å²) in [5, 5.41) is 11.9. The molecule has 0 bridgehead atoms. The second-order valence-electron chi connectivity index (χ2n) is 2.87. The molecule has 11 heavy (non-hydrogen) atoms. The fourth-order valence-electron chi connectivity index (χ4n) is 0.859. The van der Waals surface area contributed by atoms with Crippen molar-refractivity contribution in [2.75, 3.05) is 6.61 Å². The lowest BCUT2D eigenvalue weighted by molar-refractivity contribution is 0.237. The van der Waals surface area contributed by atoms with Crippen molar-refractivity contribution in [3.8, 4) is 0 Å². The molecule has 1 aromatic rings. The van der Waals surface area contributed by atoms with E-state index in [-0.39, 0.29) is 6.61 Å². The monoisotopic (exact) mass is 171 g/mol. The van der Waals surface area contributed by atoms with Crippen molar-refractivity contribution in [1.29, 1.82) is 0 Å². The first kappa shape index (κ1) is 8.68. The third-order valence-electron chi connectivity index (χ3n) is 1.50. The summed E-state index contributed by atoms with van der Waals surface area (Å²) in [5.41, 5.74) is 1.08. The molecule has 2 nitrogen and oxygen atoms in total. The Hall–Kier alpha value is -0.410. The van der Waals surface area contributed by atoms with Crippen molar-refractivity contribution in [1.82, 2.24) is 4.98 Å². The molecule has 1 N–H and O–H groups in total. The van der Waals surface area contributed by atoms with Crippen LogP contribution in [0.4, 0.5) is 0 Å². The summed E-state index contributed by atoms with van der Waals surface area (Å²) in [7, 11) is 0. The van der Waals surface area contributed by atoms with Crippen molar-refractivity contribution < 1.29 is 5.11 Å². The van der Waals surface area contributed by atoms with Crippen LogP contribution in [0, 0.1) is 12.8 Å². The largest absolute Gasteiger partial charge is 0.396 e. The van der Waals surface area contributed by atoms with E-state index < -0.39 is 0 Å². The molecule has 0 saturated carbocycles. The van der Waals surface area contributed by atoms with Gasteiger partial charge in [0.05, 0.1) is 5.01 Å². The highest BCUT2D eigenvalue weighted by molar-refractivity contribution is 7.09. The summed E-state index contributed by atoms with van der Waals surface area (Å²) < 4.78 is 0. The number of aliphatic hydroxyl groups excluding tert-OH is 1. The maximum Gasteiger partial charge on any atom is 0.0931 e. The lowest BCUT2D eigenvalue weighted by Gasteiger charge is -2.02. The van der Waals surface area contributed by atoms with E-state index in [0.29, 0.717) is 5.92 Å². The van der Waals surface area contributed by atoms with Gasteiger partial charge in [-0.1, -0.05) is 6.92 Å². The summed E-state index contributed by atoms with van der Waals surface area (Å²) in [6.45, 7) is 4.26. The lowest BCUT2D eigenvalue weighted by Crippen LogP contribution is -2.03. The minimum Gasteiger partial charge on any atom is -0.396 e. The Morgan fingerprint density at radius 1 is 1.73 bits per heavy atom. The molecule has 1 rings (SSSR count). The minimum atomic E-state index is 0.249. The normalized spacial score (nSPS) is 13.4. The second kappa shape index (κ2) is 3.83. The van der Waals surface area contributed by atoms with E-state index in [1.54, 1.807) is 11.3 Å². The zero-order valence-electron chi connectivity index (χ0n) is 6.87. The molecule has 0 aliphatic carbocycles. The molecule has 1 aromatic heterocycles. The lowest BCUT2D eigenvalue weighted by atomic mass is 10.1. The van der Waals surface area contributed by atoms with Crippen molar-refractivity contribution in [3.05, 3.63) is 16.1 Å². The smallest absolute Gasteiger partial charge is 0.0931 e. The number of aryl methyl sites for hydroxylation is 1. The summed E-state index contributed by atoms with van der Waals surface area (Å²) in [6, 6.07) is 0. The summed E-state index contributed by atoms with van der Waals surface area (Å²) in [5.74, 6) is 0.334. The van der Waals surface area contributed by atoms with Crippen LogP contribution in [0.2, 0.25) is 0 Å². The molecular formula is C8H13NOS. The predicted octanol–water partition coefficient (Wildman–Crippen LogP) is 1.62. The van der Waals surface area contributed by atoms with Crippen LogP contribution in [0.5, 0.6) is 0 Å². The van der Waals surface area contributed by atoms with Crippen LogP contribution in [-0.4, -0.2) is 16.7 Å². The fourth-order valence-corrected chi connectivity index (χ4v) is 1.80. The van der Waals surface area contributed by atoms with Crippen LogP contribution in [0.1, 0.15) is 17.6 Å². The molecule has 0 fully saturated rings. The Morgan fingerprint density at radius 3 is 2.91 bits per heavy atom. The predicted molar refractivity (Wildman–Crippen MR) is 46.8 cm³/mol. The van der Waals surface area contributed by atoms with Crippen LogP contribution in [0.15, 0.2) is 5.38 Å². The van der Waals surface area contributed by atoms with E-state index in [0.717, 1.165) is 17.1 Å². The second-order valence-corrected chi connectivity index (χ2v) is 3.82. The van der Waals surface area contributed by atoms with E-state index in [1.807, 2.05) is 19.2 Å². The average Bonchev–Trinajstić information content (AvgIpc) is 2.35. The zero-order chi connectivity index (χ0) is 8.27. The van der Waals surface area contributed by atoms with Gasteiger partial charge in [-0.05, 0) is 12.8 Å². The maximum atomic E-state index is 8.78. The van der Waals surface area contributed by atoms with Crippen molar-refractivity contribution >= 4 is 11.3 Å².